The summed E-state index contributed by atoms with van der Waals surface area (Å²) in [6.45, 7) is 6.45. The van der Waals surface area contributed by atoms with Crippen molar-refractivity contribution in [1.82, 2.24) is 4.90 Å². The van der Waals surface area contributed by atoms with Crippen LogP contribution in [-0.2, 0) is 4.74 Å². The Morgan fingerprint density at radius 1 is 1.35 bits per heavy atom. The fourth-order valence-electron chi connectivity index (χ4n) is 1.47. The van der Waals surface area contributed by atoms with Gasteiger partial charge in [0.2, 0.25) is 0 Å². The summed E-state index contributed by atoms with van der Waals surface area (Å²) in [4.78, 5) is 2.24. The molecule has 0 aliphatic rings. The zero-order chi connectivity index (χ0) is 12.5. The lowest BCUT2D eigenvalue weighted by Crippen LogP contribution is -2.28. The fraction of sp³-hybridized carbons (Fsp3) is 0.538. The van der Waals surface area contributed by atoms with Crippen LogP contribution in [0.5, 0.6) is 0 Å². The van der Waals surface area contributed by atoms with E-state index in [1.807, 2.05) is 31.2 Å². The third kappa shape index (κ3) is 6.51. The van der Waals surface area contributed by atoms with Crippen LogP contribution in [0.2, 0.25) is 5.02 Å². The summed E-state index contributed by atoms with van der Waals surface area (Å²) in [5, 5.41) is 4.10. The number of halogens is 1. The summed E-state index contributed by atoms with van der Waals surface area (Å²) in [7, 11) is 2.10. The summed E-state index contributed by atoms with van der Waals surface area (Å²) in [5.41, 5.74) is 1.07. The van der Waals surface area contributed by atoms with Crippen molar-refractivity contribution in [3.05, 3.63) is 29.3 Å². The summed E-state index contributed by atoms with van der Waals surface area (Å²) in [6.07, 6.45) is 0. The number of rotatable bonds is 8. The van der Waals surface area contributed by atoms with Crippen molar-refractivity contribution in [2.75, 3.05) is 45.2 Å². The SMILES string of the molecule is CCOCCN(C)CCNc1cccc(Cl)c1. The normalized spacial score (nSPS) is 10.8. The Morgan fingerprint density at radius 2 is 2.18 bits per heavy atom. The number of nitrogens with one attached hydrogen (secondary N) is 1. The Morgan fingerprint density at radius 3 is 2.88 bits per heavy atom. The van der Waals surface area contributed by atoms with E-state index in [1.165, 1.54) is 0 Å². The second kappa shape index (κ2) is 8.34. The Bertz CT molecular complexity index is 320. The predicted octanol–water partition coefficient (Wildman–Crippen LogP) is 2.72. The Kier molecular flexibility index (Phi) is 7.01. The van der Waals surface area contributed by atoms with Gasteiger partial charge in [0, 0.05) is 37.0 Å². The van der Waals surface area contributed by atoms with E-state index < -0.39 is 0 Å². The molecule has 0 fully saturated rings. The molecule has 0 amide bonds. The second-order valence-electron chi connectivity index (χ2n) is 3.94. The molecule has 96 valence electrons. The molecule has 1 aromatic carbocycles. The quantitative estimate of drug-likeness (QED) is 0.724. The van der Waals surface area contributed by atoms with E-state index >= 15 is 0 Å². The highest BCUT2D eigenvalue weighted by Gasteiger charge is 1.98. The number of hydrogen-bond donors (Lipinski definition) is 1. The molecule has 0 spiro atoms. The minimum atomic E-state index is 0.764. The second-order valence-corrected chi connectivity index (χ2v) is 4.37. The Balaban J connectivity index is 2.14. The lowest BCUT2D eigenvalue weighted by atomic mass is 10.3. The minimum absolute atomic E-state index is 0.764. The van der Waals surface area contributed by atoms with Gasteiger partial charge in [0.15, 0.2) is 0 Å². The van der Waals surface area contributed by atoms with Crippen LogP contribution in [-0.4, -0.2) is 44.8 Å². The molecule has 0 heterocycles. The topological polar surface area (TPSA) is 24.5 Å². The molecule has 4 heteroatoms. The average Bonchev–Trinajstić information content (AvgIpc) is 2.29. The molecule has 1 N–H and O–H groups in total. The van der Waals surface area contributed by atoms with E-state index in [1.54, 1.807) is 0 Å². The van der Waals surface area contributed by atoms with Crippen LogP contribution in [0.4, 0.5) is 5.69 Å². The molecule has 17 heavy (non-hydrogen) atoms. The molecule has 0 saturated carbocycles. The van der Waals surface area contributed by atoms with Gasteiger partial charge in [-0.1, -0.05) is 17.7 Å². The predicted molar refractivity (Wildman–Crippen MR) is 73.9 cm³/mol. The van der Waals surface area contributed by atoms with E-state index in [4.69, 9.17) is 16.3 Å². The molecule has 0 aliphatic carbocycles. The van der Waals surface area contributed by atoms with Gasteiger partial charge >= 0.3 is 0 Å². The van der Waals surface area contributed by atoms with Crippen molar-refractivity contribution in [2.45, 2.75) is 6.92 Å². The van der Waals surface area contributed by atoms with Crippen LogP contribution in [0.25, 0.3) is 0 Å². The van der Waals surface area contributed by atoms with Crippen LogP contribution in [0.3, 0.4) is 0 Å². The average molecular weight is 257 g/mol. The van der Waals surface area contributed by atoms with Crippen molar-refractivity contribution in [3.8, 4) is 0 Å². The van der Waals surface area contributed by atoms with Gasteiger partial charge in [-0.15, -0.1) is 0 Å². The van der Waals surface area contributed by atoms with Crippen molar-refractivity contribution in [1.29, 1.82) is 0 Å². The molecule has 0 aromatic heterocycles. The van der Waals surface area contributed by atoms with Crippen LogP contribution in [0, 0.1) is 0 Å². The first-order valence-corrected chi connectivity index (χ1v) is 6.36. The van der Waals surface area contributed by atoms with Crippen molar-refractivity contribution < 1.29 is 4.74 Å². The molecular weight excluding hydrogens is 236 g/mol. The first-order chi connectivity index (χ1) is 8.22. The lowest BCUT2D eigenvalue weighted by molar-refractivity contribution is 0.123. The third-order valence-electron chi connectivity index (χ3n) is 2.47. The van der Waals surface area contributed by atoms with E-state index in [0.717, 1.165) is 43.6 Å². The minimum Gasteiger partial charge on any atom is -0.384 e. The lowest BCUT2D eigenvalue weighted by Gasteiger charge is -2.17. The maximum atomic E-state index is 5.90. The summed E-state index contributed by atoms with van der Waals surface area (Å²) in [6, 6.07) is 7.78. The monoisotopic (exact) mass is 256 g/mol. The summed E-state index contributed by atoms with van der Waals surface area (Å²) in [5.74, 6) is 0. The maximum absolute atomic E-state index is 5.90. The van der Waals surface area contributed by atoms with Crippen molar-refractivity contribution >= 4 is 17.3 Å². The molecule has 0 atom stereocenters. The zero-order valence-corrected chi connectivity index (χ0v) is 11.3. The molecule has 0 saturated heterocycles. The van der Waals surface area contributed by atoms with Gasteiger partial charge in [-0.2, -0.15) is 0 Å². The molecule has 1 rings (SSSR count). The standard InChI is InChI=1S/C13H21ClN2O/c1-3-17-10-9-16(2)8-7-15-13-6-4-5-12(14)11-13/h4-6,11,15H,3,7-10H2,1-2H3. The van der Waals surface area contributed by atoms with Gasteiger partial charge in [-0.05, 0) is 32.2 Å². The molecule has 0 radical (unpaired) electrons. The molecule has 3 nitrogen and oxygen atoms in total. The highest BCUT2D eigenvalue weighted by atomic mass is 35.5. The van der Waals surface area contributed by atoms with E-state index in [2.05, 4.69) is 17.3 Å². The van der Waals surface area contributed by atoms with Gasteiger partial charge in [-0.25, -0.2) is 0 Å². The number of likely N-dealkylation sites (N-methyl/N-ethyl adjacent to an activating group) is 1. The third-order valence-corrected chi connectivity index (χ3v) is 2.70. The van der Waals surface area contributed by atoms with Crippen molar-refractivity contribution in [2.24, 2.45) is 0 Å². The number of ether oxygens (including phenoxy) is 1. The molecule has 1 aromatic rings. The van der Waals surface area contributed by atoms with Crippen LogP contribution < -0.4 is 5.32 Å². The maximum Gasteiger partial charge on any atom is 0.0593 e. The van der Waals surface area contributed by atoms with Gasteiger partial charge in [-0.3, -0.25) is 0 Å². The van der Waals surface area contributed by atoms with E-state index in [0.29, 0.717) is 0 Å². The number of benzene rings is 1. The van der Waals surface area contributed by atoms with E-state index in [-0.39, 0.29) is 0 Å². The summed E-state index contributed by atoms with van der Waals surface area (Å²) >= 11 is 5.90. The van der Waals surface area contributed by atoms with Gasteiger partial charge in [0.25, 0.3) is 0 Å². The number of hydrogen-bond acceptors (Lipinski definition) is 3. The number of anilines is 1. The fourth-order valence-corrected chi connectivity index (χ4v) is 1.66. The van der Waals surface area contributed by atoms with Crippen LogP contribution in [0.15, 0.2) is 24.3 Å². The van der Waals surface area contributed by atoms with E-state index in [9.17, 15) is 0 Å². The van der Waals surface area contributed by atoms with Crippen LogP contribution in [0.1, 0.15) is 6.92 Å². The van der Waals surface area contributed by atoms with Crippen LogP contribution >= 0.6 is 11.6 Å². The molecule has 0 unspecified atom stereocenters. The molecular formula is C13H21ClN2O. The first-order valence-electron chi connectivity index (χ1n) is 5.98. The Labute approximate surface area is 109 Å². The molecule has 0 aliphatic heterocycles. The highest BCUT2D eigenvalue weighted by Crippen LogP contribution is 2.14. The first kappa shape index (κ1) is 14.3. The Hall–Kier alpha value is -0.770. The smallest absolute Gasteiger partial charge is 0.0593 e. The highest BCUT2D eigenvalue weighted by molar-refractivity contribution is 6.30. The zero-order valence-electron chi connectivity index (χ0n) is 10.6. The largest absolute Gasteiger partial charge is 0.384 e. The van der Waals surface area contributed by atoms with Gasteiger partial charge < -0.3 is 15.0 Å². The van der Waals surface area contributed by atoms with Gasteiger partial charge in [0.05, 0.1) is 6.61 Å². The number of nitrogens with zero attached hydrogens (tertiary/aromatic N) is 1. The summed E-state index contributed by atoms with van der Waals surface area (Å²) < 4.78 is 5.30. The molecule has 0 bridgehead atoms. The van der Waals surface area contributed by atoms with Gasteiger partial charge in [0.1, 0.15) is 0 Å². The van der Waals surface area contributed by atoms with Crippen molar-refractivity contribution in [3.63, 3.8) is 0 Å².